The average Bonchev–Trinajstić information content (AvgIpc) is 2.89. The van der Waals surface area contributed by atoms with Crippen LogP contribution < -0.4 is 10.6 Å². The lowest BCUT2D eigenvalue weighted by atomic mass is 9.92. The summed E-state index contributed by atoms with van der Waals surface area (Å²) in [5, 5.41) is 5.16. The summed E-state index contributed by atoms with van der Waals surface area (Å²) in [6.45, 7) is 0.517. The number of hydrogen-bond donors (Lipinski definition) is 2. The maximum absolute atomic E-state index is 11.9. The minimum atomic E-state index is -4.31. The Morgan fingerprint density at radius 3 is 2.56 bits per heavy atom. The van der Waals surface area contributed by atoms with Crippen molar-refractivity contribution in [1.82, 2.24) is 10.6 Å². The van der Waals surface area contributed by atoms with E-state index in [9.17, 15) is 18.0 Å². The Labute approximate surface area is 91.8 Å². The molecular weight excluding hydrogens is 221 g/mol. The number of nitrogens with one attached hydrogen (secondary N) is 2. The van der Waals surface area contributed by atoms with Gasteiger partial charge in [0.2, 0.25) is 5.91 Å². The van der Waals surface area contributed by atoms with Crippen molar-refractivity contribution in [2.75, 3.05) is 19.6 Å². The van der Waals surface area contributed by atoms with Gasteiger partial charge in [0.25, 0.3) is 0 Å². The monoisotopic (exact) mass is 236 g/mol. The van der Waals surface area contributed by atoms with Crippen LogP contribution in [0.25, 0.3) is 0 Å². The summed E-state index contributed by atoms with van der Waals surface area (Å²) >= 11 is 0. The highest BCUT2D eigenvalue weighted by molar-refractivity contribution is 5.82. The van der Waals surface area contributed by atoms with Crippen molar-refractivity contribution in [3.05, 3.63) is 0 Å². The van der Waals surface area contributed by atoms with Gasteiger partial charge < -0.3 is 10.6 Å². The molecule has 1 amide bonds. The van der Waals surface area contributed by atoms with Gasteiger partial charge in [0.1, 0.15) is 6.54 Å². The predicted molar refractivity (Wildman–Crippen MR) is 51.7 cm³/mol. The molecule has 1 saturated carbocycles. The second-order valence-electron chi connectivity index (χ2n) is 4.70. The molecule has 0 aromatic carbocycles. The van der Waals surface area contributed by atoms with E-state index in [2.05, 4.69) is 5.32 Å². The maximum Gasteiger partial charge on any atom is 0.405 e. The van der Waals surface area contributed by atoms with Crippen LogP contribution in [0.2, 0.25) is 0 Å². The number of piperidine rings is 1. The molecular formula is C10H15F3N2O. The summed E-state index contributed by atoms with van der Waals surface area (Å²) in [5.41, 5.74) is 0.000925. The molecule has 2 fully saturated rings. The van der Waals surface area contributed by atoms with Crippen molar-refractivity contribution in [2.24, 2.45) is 11.3 Å². The summed E-state index contributed by atoms with van der Waals surface area (Å²) in [6.07, 6.45) is -1.77. The molecule has 92 valence electrons. The number of carbonyl (C=O) groups is 1. The van der Waals surface area contributed by atoms with Crippen molar-refractivity contribution in [2.45, 2.75) is 25.4 Å². The summed E-state index contributed by atoms with van der Waals surface area (Å²) in [6, 6.07) is 0. The lowest BCUT2D eigenvalue weighted by Crippen LogP contribution is -2.37. The van der Waals surface area contributed by atoms with Gasteiger partial charge in [0.15, 0.2) is 0 Å². The second-order valence-corrected chi connectivity index (χ2v) is 4.70. The first-order chi connectivity index (χ1) is 7.43. The fourth-order valence-electron chi connectivity index (χ4n) is 2.51. The number of carbonyl (C=O) groups excluding carboxylic acids is 1. The fourth-order valence-corrected chi connectivity index (χ4v) is 2.51. The smallest absolute Gasteiger partial charge is 0.347 e. The van der Waals surface area contributed by atoms with Gasteiger partial charge in [-0.1, -0.05) is 0 Å². The molecule has 0 aromatic heterocycles. The molecule has 1 atom stereocenters. The first-order valence-corrected chi connectivity index (χ1v) is 5.48. The number of amides is 1. The van der Waals surface area contributed by atoms with E-state index in [1.807, 2.05) is 5.32 Å². The van der Waals surface area contributed by atoms with Gasteiger partial charge >= 0.3 is 6.18 Å². The van der Waals surface area contributed by atoms with Gasteiger partial charge in [-0.05, 0) is 37.8 Å². The zero-order chi connectivity index (χ0) is 11.8. The summed E-state index contributed by atoms with van der Waals surface area (Å²) < 4.78 is 35.7. The molecule has 3 nitrogen and oxygen atoms in total. The quantitative estimate of drug-likeness (QED) is 0.752. The van der Waals surface area contributed by atoms with Crippen LogP contribution in [0.5, 0.6) is 0 Å². The molecule has 1 spiro atoms. The molecule has 1 unspecified atom stereocenters. The van der Waals surface area contributed by atoms with Crippen LogP contribution in [0.4, 0.5) is 13.2 Å². The molecule has 0 bridgehead atoms. The molecule has 1 heterocycles. The third kappa shape index (κ3) is 2.48. The number of hydrogen-bond acceptors (Lipinski definition) is 2. The van der Waals surface area contributed by atoms with Gasteiger partial charge in [0, 0.05) is 5.92 Å². The van der Waals surface area contributed by atoms with Crippen molar-refractivity contribution >= 4 is 5.91 Å². The highest BCUT2D eigenvalue weighted by atomic mass is 19.4. The van der Waals surface area contributed by atoms with E-state index < -0.39 is 18.6 Å². The van der Waals surface area contributed by atoms with Crippen molar-refractivity contribution < 1.29 is 18.0 Å². The van der Waals surface area contributed by atoms with Gasteiger partial charge in [-0.15, -0.1) is 0 Å². The van der Waals surface area contributed by atoms with Crippen LogP contribution >= 0.6 is 0 Å². The zero-order valence-corrected chi connectivity index (χ0v) is 8.86. The summed E-state index contributed by atoms with van der Waals surface area (Å²) in [7, 11) is 0. The van der Waals surface area contributed by atoms with Crippen LogP contribution in [0.3, 0.4) is 0 Å². The largest absolute Gasteiger partial charge is 0.405 e. The minimum Gasteiger partial charge on any atom is -0.347 e. The van der Waals surface area contributed by atoms with Gasteiger partial charge in [0.05, 0.1) is 0 Å². The predicted octanol–water partition coefficient (Wildman–Crippen LogP) is 1.05. The Kier molecular flexibility index (Phi) is 2.86. The molecule has 2 N–H and O–H groups in total. The van der Waals surface area contributed by atoms with E-state index in [0.29, 0.717) is 0 Å². The van der Waals surface area contributed by atoms with Gasteiger partial charge in [-0.2, -0.15) is 13.2 Å². The molecule has 1 aliphatic carbocycles. The lowest BCUT2D eigenvalue weighted by molar-refractivity contribution is -0.139. The molecule has 2 rings (SSSR count). The number of rotatable bonds is 2. The minimum absolute atomic E-state index is 0.000925. The maximum atomic E-state index is 11.9. The third-order valence-corrected chi connectivity index (χ3v) is 3.57. The van der Waals surface area contributed by atoms with Crippen LogP contribution in [0, 0.1) is 11.3 Å². The van der Waals surface area contributed by atoms with Crippen LogP contribution in [-0.2, 0) is 4.79 Å². The molecule has 0 aromatic rings. The Bertz CT molecular complexity index is 284. The SMILES string of the molecule is O=C(NCC(F)(F)F)C1CC12CCNCC2. The van der Waals surface area contributed by atoms with Crippen molar-refractivity contribution in [3.8, 4) is 0 Å². The van der Waals surface area contributed by atoms with Crippen molar-refractivity contribution in [1.29, 1.82) is 0 Å². The topological polar surface area (TPSA) is 41.1 Å². The van der Waals surface area contributed by atoms with Crippen molar-refractivity contribution in [3.63, 3.8) is 0 Å². The molecule has 1 aliphatic heterocycles. The van der Waals surface area contributed by atoms with Gasteiger partial charge in [-0.3, -0.25) is 4.79 Å². The lowest BCUT2D eigenvalue weighted by Gasteiger charge is -2.23. The van der Waals surface area contributed by atoms with E-state index in [1.54, 1.807) is 0 Å². The average molecular weight is 236 g/mol. The highest BCUT2D eigenvalue weighted by Crippen LogP contribution is 2.58. The molecule has 2 aliphatic rings. The van der Waals surface area contributed by atoms with E-state index in [4.69, 9.17) is 0 Å². The van der Waals surface area contributed by atoms with Crippen LogP contribution in [-0.4, -0.2) is 31.7 Å². The first kappa shape index (κ1) is 11.7. The Balaban J connectivity index is 1.80. The Hall–Kier alpha value is -0.780. The Morgan fingerprint density at radius 1 is 1.38 bits per heavy atom. The van der Waals surface area contributed by atoms with E-state index >= 15 is 0 Å². The normalized spacial score (nSPS) is 27.8. The summed E-state index contributed by atoms with van der Waals surface area (Å²) in [5.74, 6) is -0.629. The Morgan fingerprint density at radius 2 is 2.00 bits per heavy atom. The van der Waals surface area contributed by atoms with Gasteiger partial charge in [-0.25, -0.2) is 0 Å². The highest BCUT2D eigenvalue weighted by Gasteiger charge is 2.57. The second kappa shape index (κ2) is 3.91. The van der Waals surface area contributed by atoms with Crippen LogP contribution in [0.1, 0.15) is 19.3 Å². The molecule has 1 saturated heterocycles. The van der Waals surface area contributed by atoms with Crippen LogP contribution in [0.15, 0.2) is 0 Å². The van der Waals surface area contributed by atoms with E-state index in [-0.39, 0.29) is 11.3 Å². The third-order valence-electron chi connectivity index (χ3n) is 3.57. The first-order valence-electron chi connectivity index (χ1n) is 5.48. The number of halogens is 3. The summed E-state index contributed by atoms with van der Waals surface area (Å²) in [4.78, 5) is 11.5. The zero-order valence-electron chi connectivity index (χ0n) is 8.86. The molecule has 0 radical (unpaired) electrons. The standard InChI is InChI=1S/C10H15F3N2O/c11-10(12,13)6-15-8(16)7-5-9(7)1-3-14-4-2-9/h7,14H,1-6H2,(H,15,16). The molecule has 16 heavy (non-hydrogen) atoms. The van der Waals surface area contributed by atoms with E-state index in [0.717, 1.165) is 32.4 Å². The fraction of sp³-hybridized carbons (Fsp3) is 0.900. The number of alkyl halides is 3. The van der Waals surface area contributed by atoms with E-state index in [1.165, 1.54) is 0 Å². The molecule has 6 heteroatoms.